The van der Waals surface area contributed by atoms with Gasteiger partial charge >= 0.3 is 5.97 Å². The van der Waals surface area contributed by atoms with Gasteiger partial charge in [0.1, 0.15) is 5.60 Å². The topological polar surface area (TPSA) is 84.3 Å². The Labute approximate surface area is 95.5 Å². The van der Waals surface area contributed by atoms with Crippen LogP contribution in [0.25, 0.3) is 10.4 Å². The van der Waals surface area contributed by atoms with E-state index in [1.165, 1.54) is 0 Å². The molecule has 0 fully saturated rings. The molecule has 0 aliphatic heterocycles. The van der Waals surface area contributed by atoms with Crippen LogP contribution in [0.4, 0.5) is 0 Å². The third-order valence-electron chi connectivity index (χ3n) is 1.78. The zero-order chi connectivity index (χ0) is 12.4. The van der Waals surface area contributed by atoms with Crippen molar-refractivity contribution in [1.29, 1.82) is 0 Å². The van der Waals surface area contributed by atoms with Crippen molar-refractivity contribution in [3.05, 3.63) is 10.4 Å². The molecule has 0 aliphatic rings. The third kappa shape index (κ3) is 8.08. The van der Waals surface area contributed by atoms with Crippen molar-refractivity contribution in [2.45, 2.75) is 39.2 Å². The quantitative estimate of drug-likeness (QED) is 0.210. The number of hydrogen-bond acceptors (Lipinski definition) is 4. The van der Waals surface area contributed by atoms with Gasteiger partial charge in [-0.2, -0.15) is 0 Å². The maximum atomic E-state index is 11.4. The summed E-state index contributed by atoms with van der Waals surface area (Å²) in [5, 5.41) is 3.38. The van der Waals surface area contributed by atoms with Gasteiger partial charge in [0, 0.05) is 24.5 Å². The van der Waals surface area contributed by atoms with Crippen molar-refractivity contribution in [3.8, 4) is 0 Å². The van der Waals surface area contributed by atoms with Gasteiger partial charge < -0.3 is 9.47 Å². The van der Waals surface area contributed by atoms with Crippen LogP contribution in [0.5, 0.6) is 0 Å². The number of carbonyl (C=O) groups is 1. The molecule has 6 heteroatoms. The molecule has 0 heterocycles. The maximum Gasteiger partial charge on any atom is 0.306 e. The number of nitrogens with zero attached hydrogens (tertiary/aromatic N) is 3. The highest BCUT2D eigenvalue weighted by Gasteiger charge is 2.21. The summed E-state index contributed by atoms with van der Waals surface area (Å²) in [6.45, 7) is 6.67. The van der Waals surface area contributed by atoms with E-state index < -0.39 is 5.60 Å². The van der Waals surface area contributed by atoms with Crippen LogP contribution in [0.1, 0.15) is 33.6 Å². The van der Waals surface area contributed by atoms with E-state index in [0.29, 0.717) is 26.1 Å². The predicted molar refractivity (Wildman–Crippen MR) is 59.9 cm³/mol. The lowest BCUT2D eigenvalue weighted by molar-refractivity contribution is -0.155. The highest BCUT2D eigenvalue weighted by molar-refractivity contribution is 5.69. The number of ether oxygens (including phenoxy) is 2. The molecular formula is C10H19N3O3. The molecule has 0 aromatic heterocycles. The summed E-state index contributed by atoms with van der Waals surface area (Å²) >= 11 is 0. The molecule has 6 nitrogen and oxygen atoms in total. The zero-order valence-electron chi connectivity index (χ0n) is 10.1. The van der Waals surface area contributed by atoms with Crippen molar-refractivity contribution in [3.63, 3.8) is 0 Å². The Kier molecular flexibility index (Phi) is 7.33. The van der Waals surface area contributed by atoms with Crippen LogP contribution in [0.2, 0.25) is 0 Å². The minimum atomic E-state index is -0.741. The highest BCUT2D eigenvalue weighted by Crippen LogP contribution is 2.11. The highest BCUT2D eigenvalue weighted by atomic mass is 16.6. The lowest BCUT2D eigenvalue weighted by Gasteiger charge is -2.22. The Morgan fingerprint density at radius 2 is 2.19 bits per heavy atom. The fraction of sp³-hybridized carbons (Fsp3) is 0.900. The van der Waals surface area contributed by atoms with Gasteiger partial charge in [0.2, 0.25) is 0 Å². The lowest BCUT2D eigenvalue weighted by atomic mass is 10.1. The van der Waals surface area contributed by atoms with Crippen LogP contribution in [-0.4, -0.2) is 31.3 Å². The molecule has 0 saturated carbocycles. The van der Waals surface area contributed by atoms with Gasteiger partial charge in [0.15, 0.2) is 0 Å². The van der Waals surface area contributed by atoms with Gasteiger partial charge in [-0.25, -0.2) is 0 Å². The van der Waals surface area contributed by atoms with Crippen LogP contribution in [0.3, 0.4) is 0 Å². The SMILES string of the molecule is CCOCCCC(=O)OC(C)(C)CN=[N+]=[N-]. The third-order valence-corrected chi connectivity index (χ3v) is 1.78. The van der Waals surface area contributed by atoms with Gasteiger partial charge in [0.25, 0.3) is 0 Å². The Bertz CT molecular complexity index is 260. The normalized spacial score (nSPS) is 10.7. The van der Waals surface area contributed by atoms with Gasteiger partial charge in [-0.3, -0.25) is 4.79 Å². The van der Waals surface area contributed by atoms with E-state index in [9.17, 15) is 4.79 Å². The molecule has 0 N–H and O–H groups in total. The summed E-state index contributed by atoms with van der Waals surface area (Å²) < 4.78 is 10.3. The second-order valence-corrected chi connectivity index (χ2v) is 3.92. The first kappa shape index (κ1) is 14.7. The molecule has 0 rings (SSSR count). The summed E-state index contributed by atoms with van der Waals surface area (Å²) in [7, 11) is 0. The number of rotatable bonds is 8. The fourth-order valence-corrected chi connectivity index (χ4v) is 1.06. The van der Waals surface area contributed by atoms with E-state index in [1.54, 1.807) is 13.8 Å². The minimum absolute atomic E-state index is 0.140. The maximum absolute atomic E-state index is 11.4. The van der Waals surface area contributed by atoms with Gasteiger partial charge in [0.05, 0.1) is 6.54 Å². The number of carbonyl (C=O) groups excluding carboxylic acids is 1. The zero-order valence-corrected chi connectivity index (χ0v) is 10.1. The molecule has 0 bridgehead atoms. The molecule has 0 aliphatic carbocycles. The van der Waals surface area contributed by atoms with E-state index in [2.05, 4.69) is 10.0 Å². The average molecular weight is 229 g/mol. The van der Waals surface area contributed by atoms with Crippen molar-refractivity contribution >= 4 is 5.97 Å². The monoisotopic (exact) mass is 229 g/mol. The smallest absolute Gasteiger partial charge is 0.306 e. The second-order valence-electron chi connectivity index (χ2n) is 3.92. The van der Waals surface area contributed by atoms with Gasteiger partial charge in [-0.1, -0.05) is 5.11 Å². The first-order valence-electron chi connectivity index (χ1n) is 5.32. The molecule has 0 spiro atoms. The van der Waals surface area contributed by atoms with E-state index >= 15 is 0 Å². The van der Waals surface area contributed by atoms with Crippen molar-refractivity contribution < 1.29 is 14.3 Å². The standard InChI is InChI=1S/C10H19N3O3/c1-4-15-7-5-6-9(14)16-10(2,3)8-12-13-11/h4-8H2,1-3H3. The van der Waals surface area contributed by atoms with Crippen molar-refractivity contribution in [2.75, 3.05) is 19.8 Å². The van der Waals surface area contributed by atoms with Crippen LogP contribution in [0, 0.1) is 0 Å². The Morgan fingerprint density at radius 1 is 1.50 bits per heavy atom. The summed E-state index contributed by atoms with van der Waals surface area (Å²) in [6, 6.07) is 0. The molecule has 0 aromatic rings. The first-order valence-corrected chi connectivity index (χ1v) is 5.32. The summed E-state index contributed by atoms with van der Waals surface area (Å²) in [5.74, 6) is -0.294. The van der Waals surface area contributed by atoms with Gasteiger partial charge in [-0.05, 0) is 32.7 Å². The average Bonchev–Trinajstić information content (AvgIpc) is 2.21. The summed E-state index contributed by atoms with van der Waals surface area (Å²) in [5.41, 5.74) is 7.42. The molecule has 0 amide bonds. The van der Waals surface area contributed by atoms with Gasteiger partial charge in [-0.15, -0.1) is 0 Å². The molecule has 0 atom stereocenters. The van der Waals surface area contributed by atoms with E-state index in [0.717, 1.165) is 0 Å². The Morgan fingerprint density at radius 3 is 2.75 bits per heavy atom. The largest absolute Gasteiger partial charge is 0.460 e. The molecule has 0 saturated heterocycles. The molecule has 16 heavy (non-hydrogen) atoms. The second kappa shape index (κ2) is 7.96. The molecular weight excluding hydrogens is 210 g/mol. The van der Waals surface area contributed by atoms with Crippen LogP contribution < -0.4 is 0 Å². The van der Waals surface area contributed by atoms with E-state index in [1.807, 2.05) is 6.92 Å². The summed E-state index contributed by atoms with van der Waals surface area (Å²) in [4.78, 5) is 14.0. The Hall–Kier alpha value is -1.26. The predicted octanol–water partition coefficient (Wildman–Crippen LogP) is 2.44. The molecule has 0 aromatic carbocycles. The minimum Gasteiger partial charge on any atom is -0.460 e. The van der Waals surface area contributed by atoms with Crippen LogP contribution in [-0.2, 0) is 14.3 Å². The number of esters is 1. The molecule has 0 radical (unpaired) electrons. The first-order chi connectivity index (χ1) is 7.52. The van der Waals surface area contributed by atoms with Crippen LogP contribution >= 0.6 is 0 Å². The Balaban J connectivity index is 3.80. The van der Waals surface area contributed by atoms with E-state index in [4.69, 9.17) is 15.0 Å². The van der Waals surface area contributed by atoms with Crippen molar-refractivity contribution in [2.24, 2.45) is 5.11 Å². The lowest BCUT2D eigenvalue weighted by Crippen LogP contribution is -2.31. The number of azide groups is 1. The fourth-order valence-electron chi connectivity index (χ4n) is 1.06. The van der Waals surface area contributed by atoms with E-state index in [-0.39, 0.29) is 12.5 Å². The van der Waals surface area contributed by atoms with Crippen molar-refractivity contribution in [1.82, 2.24) is 0 Å². The molecule has 0 unspecified atom stereocenters. The molecule has 92 valence electrons. The summed E-state index contributed by atoms with van der Waals surface area (Å²) in [6.07, 6.45) is 0.962. The van der Waals surface area contributed by atoms with Crippen LogP contribution in [0.15, 0.2) is 5.11 Å². The number of hydrogen-bond donors (Lipinski definition) is 0.